The molecule has 0 saturated heterocycles. The average Bonchev–Trinajstić information content (AvgIpc) is 3.21. The number of carbonyl (C=O) groups excluding carboxylic acids is 1. The van der Waals surface area contributed by atoms with E-state index in [1.165, 1.54) is 6.20 Å². The summed E-state index contributed by atoms with van der Waals surface area (Å²) in [5.74, 6) is 1.54. The number of aryl methyl sites for hydroxylation is 1. The maximum absolute atomic E-state index is 12.1. The van der Waals surface area contributed by atoms with Crippen LogP contribution >= 0.6 is 0 Å². The molecule has 0 spiro atoms. The predicted octanol–water partition coefficient (Wildman–Crippen LogP) is 1.99. The van der Waals surface area contributed by atoms with Crippen LogP contribution in [0.4, 0.5) is 0 Å². The summed E-state index contributed by atoms with van der Waals surface area (Å²) < 4.78 is 5.26. The third kappa shape index (κ3) is 3.44. The second-order valence-electron chi connectivity index (χ2n) is 5.78. The Bertz CT molecular complexity index is 702. The standard InChI is InChI=1S/C16H19N3O3/c1-10(4-7-12-3-2-8-22-12)18-15(20)13-9-17-14(11-5-6-11)19-16(13)21/h2-3,8-11H,4-7H2,1H3,(H,18,20)(H,17,19,21)/t10-/m0/s1. The third-order valence-electron chi connectivity index (χ3n) is 3.81. The van der Waals surface area contributed by atoms with Crippen molar-refractivity contribution in [1.29, 1.82) is 0 Å². The minimum atomic E-state index is -0.386. The molecule has 1 saturated carbocycles. The molecule has 2 aromatic heterocycles. The number of carbonyl (C=O) groups is 1. The van der Waals surface area contributed by atoms with Crippen LogP contribution in [-0.2, 0) is 6.42 Å². The lowest BCUT2D eigenvalue weighted by molar-refractivity contribution is 0.0936. The van der Waals surface area contributed by atoms with Crippen molar-refractivity contribution >= 4 is 5.91 Å². The van der Waals surface area contributed by atoms with E-state index in [1.807, 2.05) is 19.1 Å². The molecule has 6 nitrogen and oxygen atoms in total. The number of nitrogens with one attached hydrogen (secondary N) is 2. The maximum Gasteiger partial charge on any atom is 0.263 e. The van der Waals surface area contributed by atoms with Gasteiger partial charge in [-0.1, -0.05) is 0 Å². The highest BCUT2D eigenvalue weighted by atomic mass is 16.3. The van der Waals surface area contributed by atoms with Gasteiger partial charge in [-0.2, -0.15) is 0 Å². The summed E-state index contributed by atoms with van der Waals surface area (Å²) in [6, 6.07) is 3.69. The number of amides is 1. The Hall–Kier alpha value is -2.37. The van der Waals surface area contributed by atoms with E-state index in [-0.39, 0.29) is 23.1 Å². The molecule has 2 aromatic rings. The summed E-state index contributed by atoms with van der Waals surface area (Å²) in [5, 5.41) is 2.82. The fraction of sp³-hybridized carbons (Fsp3) is 0.438. The zero-order valence-electron chi connectivity index (χ0n) is 12.5. The van der Waals surface area contributed by atoms with Gasteiger partial charge in [0.25, 0.3) is 11.5 Å². The molecule has 2 heterocycles. The van der Waals surface area contributed by atoms with Crippen molar-refractivity contribution < 1.29 is 9.21 Å². The van der Waals surface area contributed by atoms with Crippen LogP contribution in [0.5, 0.6) is 0 Å². The highest BCUT2D eigenvalue weighted by molar-refractivity contribution is 5.93. The van der Waals surface area contributed by atoms with Crippen LogP contribution < -0.4 is 10.9 Å². The van der Waals surface area contributed by atoms with E-state index in [0.717, 1.165) is 31.4 Å². The summed E-state index contributed by atoms with van der Waals surface area (Å²) in [7, 11) is 0. The Morgan fingerprint density at radius 3 is 3.00 bits per heavy atom. The first kappa shape index (κ1) is 14.6. The van der Waals surface area contributed by atoms with Crippen molar-refractivity contribution in [3.63, 3.8) is 0 Å². The summed E-state index contributed by atoms with van der Waals surface area (Å²) in [6.45, 7) is 1.90. The summed E-state index contributed by atoms with van der Waals surface area (Å²) in [4.78, 5) is 31.0. The van der Waals surface area contributed by atoms with E-state index in [9.17, 15) is 9.59 Å². The zero-order valence-corrected chi connectivity index (χ0v) is 12.5. The third-order valence-corrected chi connectivity index (χ3v) is 3.81. The van der Waals surface area contributed by atoms with Gasteiger partial charge in [-0.3, -0.25) is 9.59 Å². The van der Waals surface area contributed by atoms with E-state index in [2.05, 4.69) is 15.3 Å². The number of rotatable bonds is 6. The fourth-order valence-electron chi connectivity index (χ4n) is 2.32. The fourth-order valence-corrected chi connectivity index (χ4v) is 2.32. The predicted molar refractivity (Wildman–Crippen MR) is 80.8 cm³/mol. The minimum absolute atomic E-state index is 0.0555. The first-order chi connectivity index (χ1) is 10.6. The highest BCUT2D eigenvalue weighted by Gasteiger charge is 2.26. The monoisotopic (exact) mass is 301 g/mol. The van der Waals surface area contributed by atoms with Gasteiger partial charge in [-0.05, 0) is 38.3 Å². The number of furan rings is 1. The largest absolute Gasteiger partial charge is 0.469 e. The Kier molecular flexibility index (Phi) is 4.09. The van der Waals surface area contributed by atoms with E-state index in [1.54, 1.807) is 6.26 Å². The molecule has 0 bridgehead atoms. The van der Waals surface area contributed by atoms with Gasteiger partial charge in [-0.25, -0.2) is 4.98 Å². The molecule has 1 atom stereocenters. The smallest absolute Gasteiger partial charge is 0.263 e. The zero-order chi connectivity index (χ0) is 15.5. The van der Waals surface area contributed by atoms with Crippen LogP contribution in [-0.4, -0.2) is 21.9 Å². The van der Waals surface area contributed by atoms with Gasteiger partial charge >= 0.3 is 0 Å². The van der Waals surface area contributed by atoms with Crippen LogP contribution in [0, 0.1) is 0 Å². The molecule has 116 valence electrons. The molecule has 6 heteroatoms. The molecular formula is C16H19N3O3. The van der Waals surface area contributed by atoms with Crippen LogP contribution in [0.25, 0.3) is 0 Å². The van der Waals surface area contributed by atoms with Gasteiger partial charge in [0, 0.05) is 24.6 Å². The number of aromatic amines is 1. The summed E-state index contributed by atoms with van der Waals surface area (Å²) in [5.41, 5.74) is -0.304. The van der Waals surface area contributed by atoms with Crippen molar-refractivity contribution in [1.82, 2.24) is 15.3 Å². The SMILES string of the molecule is C[C@@H](CCc1ccco1)NC(=O)c1cnc(C2CC2)[nH]c1=O. The van der Waals surface area contributed by atoms with E-state index in [0.29, 0.717) is 11.7 Å². The number of hydrogen-bond acceptors (Lipinski definition) is 4. The number of aromatic nitrogens is 2. The van der Waals surface area contributed by atoms with E-state index >= 15 is 0 Å². The molecule has 22 heavy (non-hydrogen) atoms. The lowest BCUT2D eigenvalue weighted by Crippen LogP contribution is -2.36. The van der Waals surface area contributed by atoms with Crippen LogP contribution in [0.3, 0.4) is 0 Å². The second kappa shape index (κ2) is 6.17. The van der Waals surface area contributed by atoms with Gasteiger partial charge in [-0.15, -0.1) is 0 Å². The Morgan fingerprint density at radius 1 is 1.55 bits per heavy atom. The van der Waals surface area contributed by atoms with Crippen LogP contribution in [0.1, 0.15) is 54.0 Å². The van der Waals surface area contributed by atoms with Crippen molar-refractivity contribution in [3.05, 3.63) is 52.1 Å². The number of hydrogen-bond donors (Lipinski definition) is 2. The minimum Gasteiger partial charge on any atom is -0.469 e. The van der Waals surface area contributed by atoms with Gasteiger partial charge in [0.2, 0.25) is 0 Å². The van der Waals surface area contributed by atoms with Gasteiger partial charge in [0.05, 0.1) is 6.26 Å². The second-order valence-corrected chi connectivity index (χ2v) is 5.78. The lowest BCUT2D eigenvalue weighted by Gasteiger charge is -2.12. The van der Waals surface area contributed by atoms with Crippen LogP contribution in [0.15, 0.2) is 33.8 Å². The van der Waals surface area contributed by atoms with Crippen molar-refractivity contribution in [2.75, 3.05) is 0 Å². The quantitative estimate of drug-likeness (QED) is 0.854. The maximum atomic E-state index is 12.1. The average molecular weight is 301 g/mol. The Labute approximate surface area is 128 Å². The molecular weight excluding hydrogens is 282 g/mol. The highest BCUT2D eigenvalue weighted by Crippen LogP contribution is 2.37. The molecule has 1 aliphatic carbocycles. The Morgan fingerprint density at radius 2 is 2.36 bits per heavy atom. The van der Waals surface area contributed by atoms with Gasteiger partial charge < -0.3 is 14.7 Å². The Balaban J connectivity index is 1.57. The normalized spacial score (nSPS) is 15.5. The van der Waals surface area contributed by atoms with E-state index < -0.39 is 0 Å². The van der Waals surface area contributed by atoms with Crippen molar-refractivity contribution in [2.24, 2.45) is 0 Å². The van der Waals surface area contributed by atoms with Gasteiger partial charge in [0.15, 0.2) is 0 Å². The lowest BCUT2D eigenvalue weighted by atomic mass is 10.1. The van der Waals surface area contributed by atoms with Gasteiger partial charge in [0.1, 0.15) is 17.1 Å². The molecule has 0 radical (unpaired) electrons. The molecule has 1 aliphatic rings. The molecule has 1 fully saturated rings. The first-order valence-electron chi connectivity index (χ1n) is 7.56. The molecule has 0 aliphatic heterocycles. The topological polar surface area (TPSA) is 88.0 Å². The molecule has 0 aromatic carbocycles. The number of H-pyrrole nitrogens is 1. The summed E-state index contributed by atoms with van der Waals surface area (Å²) >= 11 is 0. The first-order valence-corrected chi connectivity index (χ1v) is 7.56. The molecule has 2 N–H and O–H groups in total. The molecule has 1 amide bonds. The molecule has 0 unspecified atom stereocenters. The number of nitrogens with zero attached hydrogens (tertiary/aromatic N) is 1. The van der Waals surface area contributed by atoms with Crippen molar-refractivity contribution in [3.8, 4) is 0 Å². The van der Waals surface area contributed by atoms with Crippen molar-refractivity contribution in [2.45, 2.75) is 44.6 Å². The summed E-state index contributed by atoms with van der Waals surface area (Å²) in [6.07, 6.45) is 6.59. The van der Waals surface area contributed by atoms with Crippen LogP contribution in [0.2, 0.25) is 0 Å². The molecule has 3 rings (SSSR count). The van der Waals surface area contributed by atoms with E-state index in [4.69, 9.17) is 4.42 Å².